The quantitative estimate of drug-likeness (QED) is 0.806. The molecule has 0 amide bonds. The molecular weight excluding hydrogens is 362 g/mol. The Bertz CT molecular complexity index is 873. The van der Waals surface area contributed by atoms with E-state index in [4.69, 9.17) is 9.72 Å². The monoisotopic (exact) mass is 389 g/mol. The molecule has 1 atom stereocenters. The molecule has 146 valence electrons. The normalized spacial score (nSPS) is 22.8. The molecular formula is C20H27N3O3S. The van der Waals surface area contributed by atoms with Gasteiger partial charge in [-0.05, 0) is 44.7 Å². The number of hydrogen-bond acceptors (Lipinski definition) is 4. The topological polar surface area (TPSA) is 64.4 Å². The van der Waals surface area contributed by atoms with Crippen LogP contribution in [0.1, 0.15) is 49.2 Å². The van der Waals surface area contributed by atoms with Gasteiger partial charge in [0, 0.05) is 50.2 Å². The van der Waals surface area contributed by atoms with Gasteiger partial charge in [-0.3, -0.25) is 0 Å². The summed E-state index contributed by atoms with van der Waals surface area (Å²) in [6.07, 6.45) is 5.73. The average Bonchev–Trinajstić information content (AvgIpc) is 3.11. The van der Waals surface area contributed by atoms with E-state index in [0.29, 0.717) is 23.9 Å². The summed E-state index contributed by atoms with van der Waals surface area (Å²) in [6, 6.07) is 8.88. The molecule has 6 nitrogen and oxygen atoms in total. The SMILES string of the molecule is Cc1cnc(C2CCOCC2)n1C1CCCN(S(=O)(=O)c2ccccc2)C1. The van der Waals surface area contributed by atoms with Crippen LogP contribution in [0.3, 0.4) is 0 Å². The Morgan fingerprint density at radius 1 is 1.11 bits per heavy atom. The van der Waals surface area contributed by atoms with Gasteiger partial charge in [0.15, 0.2) is 0 Å². The Morgan fingerprint density at radius 2 is 1.85 bits per heavy atom. The number of aromatic nitrogens is 2. The lowest BCUT2D eigenvalue weighted by atomic mass is 9.98. The number of ether oxygens (including phenoxy) is 1. The summed E-state index contributed by atoms with van der Waals surface area (Å²) in [5, 5.41) is 0. The van der Waals surface area contributed by atoms with Crippen LogP contribution in [0.5, 0.6) is 0 Å². The highest BCUT2D eigenvalue weighted by Gasteiger charge is 2.33. The van der Waals surface area contributed by atoms with Gasteiger partial charge < -0.3 is 9.30 Å². The van der Waals surface area contributed by atoms with Crippen molar-refractivity contribution in [2.75, 3.05) is 26.3 Å². The predicted molar refractivity (Wildman–Crippen MR) is 103 cm³/mol. The Labute approximate surface area is 161 Å². The smallest absolute Gasteiger partial charge is 0.243 e. The first-order chi connectivity index (χ1) is 13.1. The molecule has 7 heteroatoms. The first-order valence-corrected chi connectivity index (χ1v) is 11.2. The van der Waals surface area contributed by atoms with Gasteiger partial charge in [0.25, 0.3) is 0 Å². The van der Waals surface area contributed by atoms with E-state index in [1.165, 1.54) is 0 Å². The number of hydrogen-bond donors (Lipinski definition) is 0. The van der Waals surface area contributed by atoms with E-state index in [2.05, 4.69) is 11.5 Å². The van der Waals surface area contributed by atoms with Gasteiger partial charge in [0.1, 0.15) is 5.82 Å². The van der Waals surface area contributed by atoms with Crippen LogP contribution in [0.25, 0.3) is 0 Å². The molecule has 27 heavy (non-hydrogen) atoms. The molecule has 0 spiro atoms. The molecule has 0 aliphatic carbocycles. The predicted octanol–water partition coefficient (Wildman–Crippen LogP) is 3.11. The van der Waals surface area contributed by atoms with Gasteiger partial charge in [-0.25, -0.2) is 13.4 Å². The van der Waals surface area contributed by atoms with Crippen molar-refractivity contribution in [2.45, 2.75) is 49.5 Å². The third kappa shape index (κ3) is 3.68. The van der Waals surface area contributed by atoms with Crippen LogP contribution in [-0.4, -0.2) is 48.6 Å². The maximum Gasteiger partial charge on any atom is 0.243 e. The van der Waals surface area contributed by atoms with Gasteiger partial charge >= 0.3 is 0 Å². The van der Waals surface area contributed by atoms with Gasteiger partial charge in [-0.15, -0.1) is 0 Å². The fourth-order valence-electron chi connectivity index (χ4n) is 4.29. The molecule has 0 saturated carbocycles. The Kier molecular flexibility index (Phi) is 5.34. The molecule has 4 rings (SSSR count). The zero-order chi connectivity index (χ0) is 18.9. The van der Waals surface area contributed by atoms with Crippen LogP contribution >= 0.6 is 0 Å². The minimum Gasteiger partial charge on any atom is -0.381 e. The molecule has 0 bridgehead atoms. The molecule has 2 aromatic rings. The van der Waals surface area contributed by atoms with E-state index in [9.17, 15) is 8.42 Å². The first kappa shape index (κ1) is 18.7. The number of aryl methyl sites for hydroxylation is 1. The van der Waals surface area contributed by atoms with Crippen molar-refractivity contribution >= 4 is 10.0 Å². The lowest BCUT2D eigenvalue weighted by Crippen LogP contribution is -2.41. The van der Waals surface area contributed by atoms with Gasteiger partial charge in [-0.2, -0.15) is 4.31 Å². The van der Waals surface area contributed by atoms with E-state index in [0.717, 1.165) is 50.4 Å². The molecule has 0 N–H and O–H groups in total. The Balaban J connectivity index is 1.60. The molecule has 2 saturated heterocycles. The van der Waals surface area contributed by atoms with Crippen LogP contribution in [0.2, 0.25) is 0 Å². The molecule has 2 aliphatic rings. The number of rotatable bonds is 4. The standard InChI is InChI=1S/C20H27N3O3S/c1-16-14-21-20(17-9-12-26-13-10-17)23(16)18-6-5-11-22(15-18)27(24,25)19-7-3-2-4-8-19/h2-4,7-8,14,17-18H,5-6,9-13,15H2,1H3. The molecule has 1 aromatic carbocycles. The summed E-state index contributed by atoms with van der Waals surface area (Å²) in [7, 11) is -3.46. The minimum atomic E-state index is -3.46. The number of benzene rings is 1. The Morgan fingerprint density at radius 3 is 2.59 bits per heavy atom. The highest BCUT2D eigenvalue weighted by Crippen LogP contribution is 2.33. The number of sulfonamides is 1. The fraction of sp³-hybridized carbons (Fsp3) is 0.550. The van der Waals surface area contributed by atoms with E-state index in [1.54, 1.807) is 28.6 Å². The molecule has 3 heterocycles. The maximum absolute atomic E-state index is 13.1. The van der Waals surface area contributed by atoms with Crippen molar-refractivity contribution < 1.29 is 13.2 Å². The fourth-order valence-corrected chi connectivity index (χ4v) is 5.83. The van der Waals surface area contributed by atoms with Crippen LogP contribution in [0.4, 0.5) is 0 Å². The minimum absolute atomic E-state index is 0.137. The molecule has 2 aliphatic heterocycles. The molecule has 1 aromatic heterocycles. The lowest BCUT2D eigenvalue weighted by Gasteiger charge is -2.35. The summed E-state index contributed by atoms with van der Waals surface area (Å²) < 4.78 is 35.6. The molecule has 0 radical (unpaired) electrons. The second-order valence-corrected chi connectivity index (χ2v) is 9.42. The average molecular weight is 390 g/mol. The van der Waals surface area contributed by atoms with Gasteiger partial charge in [-0.1, -0.05) is 18.2 Å². The van der Waals surface area contributed by atoms with Gasteiger partial charge in [0.2, 0.25) is 10.0 Å². The number of nitrogens with zero attached hydrogens (tertiary/aromatic N) is 3. The van der Waals surface area contributed by atoms with Crippen molar-refractivity contribution in [1.82, 2.24) is 13.9 Å². The summed E-state index contributed by atoms with van der Waals surface area (Å²) in [5.74, 6) is 1.49. The Hall–Kier alpha value is -1.70. The number of imidazole rings is 1. The van der Waals surface area contributed by atoms with Gasteiger partial charge in [0.05, 0.1) is 4.90 Å². The van der Waals surface area contributed by atoms with Crippen molar-refractivity contribution in [2.24, 2.45) is 0 Å². The molecule has 2 fully saturated rings. The maximum atomic E-state index is 13.1. The second-order valence-electron chi connectivity index (χ2n) is 7.49. The van der Waals surface area contributed by atoms with E-state index in [-0.39, 0.29) is 6.04 Å². The zero-order valence-electron chi connectivity index (χ0n) is 15.8. The van der Waals surface area contributed by atoms with E-state index >= 15 is 0 Å². The largest absolute Gasteiger partial charge is 0.381 e. The summed E-state index contributed by atoms with van der Waals surface area (Å²) in [5.41, 5.74) is 1.11. The third-order valence-corrected chi connectivity index (χ3v) is 7.58. The van der Waals surface area contributed by atoms with Crippen LogP contribution < -0.4 is 0 Å². The van der Waals surface area contributed by atoms with Crippen molar-refractivity contribution in [3.8, 4) is 0 Å². The third-order valence-electron chi connectivity index (χ3n) is 5.70. The zero-order valence-corrected chi connectivity index (χ0v) is 16.6. The van der Waals surface area contributed by atoms with Crippen LogP contribution in [0.15, 0.2) is 41.4 Å². The lowest BCUT2D eigenvalue weighted by molar-refractivity contribution is 0.0819. The van der Waals surface area contributed by atoms with Crippen molar-refractivity contribution in [3.63, 3.8) is 0 Å². The summed E-state index contributed by atoms with van der Waals surface area (Å²) >= 11 is 0. The summed E-state index contributed by atoms with van der Waals surface area (Å²) in [6.45, 7) is 4.70. The van der Waals surface area contributed by atoms with Crippen LogP contribution in [-0.2, 0) is 14.8 Å². The molecule has 1 unspecified atom stereocenters. The first-order valence-electron chi connectivity index (χ1n) is 9.74. The second kappa shape index (κ2) is 7.73. The van der Waals surface area contributed by atoms with E-state index in [1.807, 2.05) is 12.3 Å². The van der Waals surface area contributed by atoms with Crippen molar-refractivity contribution in [1.29, 1.82) is 0 Å². The summed E-state index contributed by atoms with van der Waals surface area (Å²) in [4.78, 5) is 5.07. The van der Waals surface area contributed by atoms with Crippen LogP contribution in [0, 0.1) is 6.92 Å². The highest BCUT2D eigenvalue weighted by molar-refractivity contribution is 7.89. The van der Waals surface area contributed by atoms with E-state index < -0.39 is 10.0 Å². The van der Waals surface area contributed by atoms with Crippen molar-refractivity contribution in [3.05, 3.63) is 48.0 Å². The number of piperidine rings is 1. The highest BCUT2D eigenvalue weighted by atomic mass is 32.2.